The molecule has 3 aromatic rings. The number of non-ortho nitro benzene ring substituents is 1. The van der Waals surface area contributed by atoms with E-state index in [-0.39, 0.29) is 17.1 Å². The molecule has 0 heterocycles. The fourth-order valence-electron chi connectivity index (χ4n) is 2.96. The largest absolute Gasteiger partial charge is 0.481 e. The van der Waals surface area contributed by atoms with Crippen LogP contribution in [0.15, 0.2) is 83.8 Å². The molecule has 0 aliphatic heterocycles. The highest BCUT2D eigenvalue weighted by Gasteiger charge is 2.21. The monoisotopic (exact) mass is 469 g/mol. The molecule has 0 unspecified atom stereocenters. The number of nitrogens with zero attached hydrogens (tertiary/aromatic N) is 2. The van der Waals surface area contributed by atoms with Crippen LogP contribution in [0.4, 0.5) is 11.4 Å². The van der Waals surface area contributed by atoms with Gasteiger partial charge in [0.1, 0.15) is 5.75 Å². The van der Waals surface area contributed by atoms with Gasteiger partial charge in [-0.25, -0.2) is 8.42 Å². The summed E-state index contributed by atoms with van der Waals surface area (Å²) in [6, 6.07) is 20.5. The molecule has 0 bridgehead atoms. The van der Waals surface area contributed by atoms with Gasteiger partial charge in [-0.05, 0) is 48.9 Å². The van der Waals surface area contributed by atoms with Crippen molar-refractivity contribution in [3.05, 3.63) is 94.5 Å². The SMILES string of the molecule is C[C@H](Oc1ccc([N+](=O)[O-])cc1)C(=O)Nc1ccc(S(=O)(=O)N(C)Cc2ccccc2)cc1. The summed E-state index contributed by atoms with van der Waals surface area (Å²) in [6.07, 6.45) is -0.883. The van der Waals surface area contributed by atoms with E-state index < -0.39 is 27.0 Å². The maximum absolute atomic E-state index is 12.8. The van der Waals surface area contributed by atoms with Crippen LogP contribution in [0, 0.1) is 10.1 Å². The molecule has 33 heavy (non-hydrogen) atoms. The van der Waals surface area contributed by atoms with Gasteiger partial charge in [0, 0.05) is 31.4 Å². The molecule has 0 saturated carbocycles. The van der Waals surface area contributed by atoms with Crippen molar-refractivity contribution >= 4 is 27.3 Å². The van der Waals surface area contributed by atoms with Gasteiger partial charge in [-0.1, -0.05) is 30.3 Å². The standard InChI is InChI=1S/C23H23N3O6S/c1-17(32-21-12-10-20(11-13-21)26(28)29)23(27)24-19-8-14-22(15-9-19)33(30,31)25(2)16-18-6-4-3-5-7-18/h3-15,17H,16H2,1-2H3,(H,24,27)/t17-/m0/s1. The van der Waals surface area contributed by atoms with E-state index in [1.165, 1.54) is 66.8 Å². The van der Waals surface area contributed by atoms with Gasteiger partial charge >= 0.3 is 0 Å². The number of ether oxygens (including phenoxy) is 1. The van der Waals surface area contributed by atoms with Crippen molar-refractivity contribution in [1.29, 1.82) is 0 Å². The van der Waals surface area contributed by atoms with Crippen LogP contribution in [0.3, 0.4) is 0 Å². The quantitative estimate of drug-likeness (QED) is 0.376. The first-order chi connectivity index (χ1) is 15.7. The summed E-state index contributed by atoms with van der Waals surface area (Å²) in [7, 11) is -2.19. The van der Waals surface area contributed by atoms with Crippen LogP contribution >= 0.6 is 0 Å². The average molecular weight is 470 g/mol. The molecule has 0 saturated heterocycles. The number of amides is 1. The van der Waals surface area contributed by atoms with E-state index in [0.29, 0.717) is 11.4 Å². The third-order valence-electron chi connectivity index (χ3n) is 4.81. The second-order valence-corrected chi connectivity index (χ2v) is 9.32. The van der Waals surface area contributed by atoms with Gasteiger partial charge < -0.3 is 10.1 Å². The number of sulfonamides is 1. The third-order valence-corrected chi connectivity index (χ3v) is 6.63. The predicted octanol–water partition coefficient (Wildman–Crippen LogP) is 3.82. The first-order valence-corrected chi connectivity index (χ1v) is 11.4. The summed E-state index contributed by atoms with van der Waals surface area (Å²) in [5, 5.41) is 13.4. The summed E-state index contributed by atoms with van der Waals surface area (Å²) < 4.78 is 32.4. The number of anilines is 1. The summed E-state index contributed by atoms with van der Waals surface area (Å²) in [6.45, 7) is 1.77. The Labute approximate surface area is 191 Å². The molecule has 172 valence electrons. The predicted molar refractivity (Wildman–Crippen MR) is 123 cm³/mol. The average Bonchev–Trinajstić information content (AvgIpc) is 2.80. The molecule has 1 N–H and O–H groups in total. The number of rotatable bonds is 9. The van der Waals surface area contributed by atoms with E-state index >= 15 is 0 Å². The number of carbonyl (C=O) groups excluding carboxylic acids is 1. The molecule has 0 fully saturated rings. The molecule has 3 aromatic carbocycles. The smallest absolute Gasteiger partial charge is 0.269 e. The van der Waals surface area contributed by atoms with Crippen molar-refractivity contribution in [2.75, 3.05) is 12.4 Å². The minimum Gasteiger partial charge on any atom is -0.481 e. The Kier molecular flexibility index (Phi) is 7.41. The zero-order valence-corrected chi connectivity index (χ0v) is 18.9. The number of benzene rings is 3. The lowest BCUT2D eigenvalue weighted by atomic mass is 10.2. The first-order valence-electron chi connectivity index (χ1n) is 9.99. The van der Waals surface area contributed by atoms with E-state index in [1.54, 1.807) is 0 Å². The van der Waals surface area contributed by atoms with Crippen molar-refractivity contribution in [2.24, 2.45) is 0 Å². The van der Waals surface area contributed by atoms with Crippen LogP contribution in [0.25, 0.3) is 0 Å². The number of nitrogens with one attached hydrogen (secondary N) is 1. The minimum atomic E-state index is -3.70. The maximum Gasteiger partial charge on any atom is 0.269 e. The molecule has 0 aliphatic carbocycles. The molecule has 0 spiro atoms. The lowest BCUT2D eigenvalue weighted by Gasteiger charge is -2.18. The number of hydrogen-bond acceptors (Lipinski definition) is 6. The third kappa shape index (κ3) is 6.15. The number of nitro benzene ring substituents is 1. The molecule has 10 heteroatoms. The summed E-state index contributed by atoms with van der Waals surface area (Å²) >= 11 is 0. The van der Waals surface area contributed by atoms with Crippen molar-refractivity contribution < 1.29 is 22.9 Å². The van der Waals surface area contributed by atoms with Gasteiger partial charge in [0.2, 0.25) is 10.0 Å². The molecule has 0 aliphatic rings. The van der Waals surface area contributed by atoms with Crippen LogP contribution < -0.4 is 10.1 Å². The topological polar surface area (TPSA) is 119 Å². The summed E-state index contributed by atoms with van der Waals surface area (Å²) in [4.78, 5) is 22.7. The second kappa shape index (κ2) is 10.2. The Morgan fingerprint density at radius 2 is 1.64 bits per heavy atom. The Balaban J connectivity index is 1.60. The van der Waals surface area contributed by atoms with Gasteiger partial charge in [0.15, 0.2) is 6.10 Å². The van der Waals surface area contributed by atoms with E-state index in [0.717, 1.165) is 5.56 Å². The first kappa shape index (κ1) is 23.9. The van der Waals surface area contributed by atoms with Crippen molar-refractivity contribution in [1.82, 2.24) is 4.31 Å². The molecule has 1 amide bonds. The van der Waals surface area contributed by atoms with Gasteiger partial charge in [-0.3, -0.25) is 14.9 Å². The van der Waals surface area contributed by atoms with Gasteiger partial charge in [0.05, 0.1) is 9.82 Å². The Hall–Kier alpha value is -3.76. The minimum absolute atomic E-state index is 0.0797. The highest BCUT2D eigenvalue weighted by Crippen LogP contribution is 2.21. The second-order valence-electron chi connectivity index (χ2n) is 7.27. The number of carbonyl (C=O) groups is 1. The van der Waals surface area contributed by atoms with Gasteiger partial charge in [0.25, 0.3) is 11.6 Å². The molecule has 3 rings (SSSR count). The van der Waals surface area contributed by atoms with Crippen molar-refractivity contribution in [3.8, 4) is 5.75 Å². The molecular weight excluding hydrogens is 446 g/mol. The van der Waals surface area contributed by atoms with Gasteiger partial charge in [-0.15, -0.1) is 0 Å². The Morgan fingerprint density at radius 1 is 1.03 bits per heavy atom. The highest BCUT2D eigenvalue weighted by atomic mass is 32.2. The lowest BCUT2D eigenvalue weighted by molar-refractivity contribution is -0.384. The van der Waals surface area contributed by atoms with Crippen LogP contribution in [0.5, 0.6) is 5.75 Å². The van der Waals surface area contributed by atoms with Crippen LogP contribution in [-0.2, 0) is 21.4 Å². The Morgan fingerprint density at radius 3 is 2.21 bits per heavy atom. The maximum atomic E-state index is 12.8. The van der Waals surface area contributed by atoms with E-state index in [2.05, 4.69) is 5.32 Å². The molecule has 9 nitrogen and oxygen atoms in total. The fourth-order valence-corrected chi connectivity index (χ4v) is 4.12. The van der Waals surface area contributed by atoms with E-state index in [9.17, 15) is 23.3 Å². The lowest BCUT2D eigenvalue weighted by Crippen LogP contribution is -2.30. The highest BCUT2D eigenvalue weighted by molar-refractivity contribution is 7.89. The zero-order valence-electron chi connectivity index (χ0n) is 18.0. The number of nitro groups is 1. The van der Waals surface area contributed by atoms with Crippen molar-refractivity contribution in [3.63, 3.8) is 0 Å². The molecule has 1 atom stereocenters. The van der Waals surface area contributed by atoms with Gasteiger partial charge in [-0.2, -0.15) is 4.31 Å². The molecule has 0 radical (unpaired) electrons. The normalized spacial score (nSPS) is 12.2. The Bertz CT molecular complexity index is 1210. The molecule has 0 aromatic heterocycles. The van der Waals surface area contributed by atoms with E-state index in [1.807, 2.05) is 30.3 Å². The van der Waals surface area contributed by atoms with Crippen molar-refractivity contribution in [2.45, 2.75) is 24.5 Å². The van der Waals surface area contributed by atoms with E-state index in [4.69, 9.17) is 4.74 Å². The fraction of sp³-hybridized carbons (Fsp3) is 0.174. The summed E-state index contributed by atoms with van der Waals surface area (Å²) in [5.41, 5.74) is 1.20. The summed E-state index contributed by atoms with van der Waals surface area (Å²) in [5.74, 6) is -0.142. The molecular formula is C23H23N3O6S. The van der Waals surface area contributed by atoms with Crippen LogP contribution in [0.2, 0.25) is 0 Å². The number of hydrogen-bond donors (Lipinski definition) is 1. The van der Waals surface area contributed by atoms with Crippen LogP contribution in [0.1, 0.15) is 12.5 Å². The van der Waals surface area contributed by atoms with Crippen LogP contribution in [-0.4, -0.2) is 36.7 Å². The zero-order chi connectivity index (χ0) is 24.0.